The molecule has 0 aromatic heterocycles. The first-order valence-corrected chi connectivity index (χ1v) is 9.87. The molecule has 2 heteroatoms. The van der Waals surface area contributed by atoms with Crippen LogP contribution in [0, 0.1) is 0 Å². The average Bonchev–Trinajstić information content (AvgIpc) is 2.61. The van der Waals surface area contributed by atoms with Crippen molar-refractivity contribution in [1.82, 2.24) is 0 Å². The Bertz CT molecular complexity index is 560. The summed E-state index contributed by atoms with van der Waals surface area (Å²) in [5.41, 5.74) is 2.57. The van der Waals surface area contributed by atoms with Gasteiger partial charge in [-0.15, -0.1) is 0 Å². The van der Waals surface area contributed by atoms with Crippen LogP contribution in [0.3, 0.4) is 0 Å². The van der Waals surface area contributed by atoms with E-state index in [-0.39, 0.29) is 0 Å². The molecular weight excluding hydrogens is 395 g/mol. The first-order valence-electron chi connectivity index (χ1n) is 8.35. The number of rotatable bonds is 10. The first-order chi connectivity index (χ1) is 11.4. The van der Waals surface area contributed by atoms with Crippen LogP contribution in [0.25, 0.3) is 0 Å². The van der Waals surface area contributed by atoms with Gasteiger partial charge in [0.25, 0.3) is 0 Å². The molecule has 0 N–H and O–H groups in total. The lowest BCUT2D eigenvalue weighted by atomic mass is 10.1. The molecule has 23 heavy (non-hydrogen) atoms. The van der Waals surface area contributed by atoms with Gasteiger partial charge in [-0.3, -0.25) is 0 Å². The average molecular weight is 420 g/mol. The standard InChI is InChI=1S/C21H25IO/c22-17-9-4-2-1-3-6-10-19-13-15-21(16-14-19)23-18-20-11-7-5-8-12-20/h1,3,5,7-8,11-16H,2,4,6,9-10,17-18H2. The largest absolute Gasteiger partial charge is 0.489 e. The molecule has 0 spiro atoms. The molecule has 0 atom stereocenters. The number of ether oxygens (including phenoxy) is 1. The molecule has 1 nitrogen and oxygen atoms in total. The summed E-state index contributed by atoms with van der Waals surface area (Å²) < 4.78 is 7.08. The highest BCUT2D eigenvalue weighted by Gasteiger charge is 1.97. The summed E-state index contributed by atoms with van der Waals surface area (Å²) >= 11 is 2.44. The van der Waals surface area contributed by atoms with Gasteiger partial charge < -0.3 is 4.74 Å². The lowest BCUT2D eigenvalue weighted by molar-refractivity contribution is 0.306. The van der Waals surface area contributed by atoms with E-state index in [2.05, 4.69) is 71.1 Å². The van der Waals surface area contributed by atoms with Crippen molar-refractivity contribution in [3.05, 3.63) is 77.9 Å². The Balaban J connectivity index is 1.68. The van der Waals surface area contributed by atoms with Crippen molar-refractivity contribution < 1.29 is 4.74 Å². The van der Waals surface area contributed by atoms with Gasteiger partial charge >= 0.3 is 0 Å². The van der Waals surface area contributed by atoms with Gasteiger partial charge in [-0.25, -0.2) is 0 Å². The van der Waals surface area contributed by atoms with Crippen molar-refractivity contribution in [1.29, 1.82) is 0 Å². The van der Waals surface area contributed by atoms with E-state index in [1.165, 1.54) is 34.8 Å². The van der Waals surface area contributed by atoms with Crippen LogP contribution in [0.1, 0.15) is 36.8 Å². The predicted octanol–water partition coefficient (Wildman–Crippen LogP) is 6.36. The first kappa shape index (κ1) is 18.1. The molecule has 0 radical (unpaired) electrons. The molecule has 0 aliphatic rings. The van der Waals surface area contributed by atoms with E-state index in [0.29, 0.717) is 6.61 Å². The van der Waals surface area contributed by atoms with Crippen LogP contribution in [0.15, 0.2) is 66.7 Å². The van der Waals surface area contributed by atoms with Crippen molar-refractivity contribution in [2.24, 2.45) is 0 Å². The molecule has 0 saturated heterocycles. The fourth-order valence-electron chi connectivity index (χ4n) is 2.34. The van der Waals surface area contributed by atoms with E-state index < -0.39 is 0 Å². The minimum atomic E-state index is 0.625. The highest BCUT2D eigenvalue weighted by molar-refractivity contribution is 14.1. The molecule has 0 heterocycles. The van der Waals surface area contributed by atoms with Gasteiger partial charge in [0.05, 0.1) is 0 Å². The number of alkyl halides is 1. The van der Waals surface area contributed by atoms with Crippen LogP contribution in [0.2, 0.25) is 0 Å². The maximum absolute atomic E-state index is 5.81. The van der Waals surface area contributed by atoms with Gasteiger partial charge in [-0.05, 0) is 59.8 Å². The minimum Gasteiger partial charge on any atom is -0.489 e. The van der Waals surface area contributed by atoms with Crippen LogP contribution >= 0.6 is 22.6 Å². The molecule has 0 aliphatic heterocycles. The number of allylic oxidation sites excluding steroid dienone is 2. The summed E-state index contributed by atoms with van der Waals surface area (Å²) in [5.74, 6) is 0.937. The fraction of sp³-hybridized carbons (Fsp3) is 0.333. The Morgan fingerprint density at radius 1 is 0.783 bits per heavy atom. The molecule has 0 unspecified atom stereocenters. The molecule has 2 aromatic carbocycles. The molecule has 122 valence electrons. The van der Waals surface area contributed by atoms with E-state index in [1.54, 1.807) is 0 Å². The second-order valence-electron chi connectivity index (χ2n) is 5.61. The summed E-state index contributed by atoms with van der Waals surface area (Å²) in [7, 11) is 0. The summed E-state index contributed by atoms with van der Waals surface area (Å²) in [5, 5.41) is 0. The minimum absolute atomic E-state index is 0.625. The normalized spacial score (nSPS) is 11.0. The van der Waals surface area contributed by atoms with E-state index in [4.69, 9.17) is 4.74 Å². The van der Waals surface area contributed by atoms with Crippen LogP contribution in [0.4, 0.5) is 0 Å². The molecule has 0 saturated carbocycles. The van der Waals surface area contributed by atoms with E-state index in [1.807, 2.05) is 18.2 Å². The van der Waals surface area contributed by atoms with Gasteiger partial charge in [-0.2, -0.15) is 0 Å². The number of halogens is 1. The highest BCUT2D eigenvalue weighted by atomic mass is 127. The number of unbranched alkanes of at least 4 members (excludes halogenated alkanes) is 2. The summed E-state index contributed by atoms with van der Waals surface area (Å²) in [4.78, 5) is 0. The second kappa shape index (κ2) is 11.3. The zero-order valence-electron chi connectivity index (χ0n) is 13.6. The Morgan fingerprint density at radius 2 is 1.52 bits per heavy atom. The van der Waals surface area contributed by atoms with Crippen LogP contribution in [0.5, 0.6) is 5.75 Å². The number of aryl methyl sites for hydroxylation is 1. The third kappa shape index (κ3) is 7.69. The summed E-state index contributed by atoms with van der Waals surface area (Å²) in [6.07, 6.45) is 10.7. The highest BCUT2D eigenvalue weighted by Crippen LogP contribution is 2.15. The van der Waals surface area contributed by atoms with Crippen molar-refractivity contribution >= 4 is 22.6 Å². The van der Waals surface area contributed by atoms with Crippen LogP contribution < -0.4 is 4.74 Å². The topological polar surface area (TPSA) is 9.23 Å². The quantitative estimate of drug-likeness (QED) is 0.188. The zero-order chi connectivity index (χ0) is 16.2. The Labute approximate surface area is 153 Å². The van der Waals surface area contributed by atoms with E-state index >= 15 is 0 Å². The maximum atomic E-state index is 5.81. The third-order valence-electron chi connectivity index (χ3n) is 3.69. The smallest absolute Gasteiger partial charge is 0.119 e. The van der Waals surface area contributed by atoms with E-state index in [0.717, 1.165) is 18.6 Å². The summed E-state index contributed by atoms with van der Waals surface area (Å²) in [6, 6.07) is 18.8. The van der Waals surface area contributed by atoms with Crippen LogP contribution in [-0.4, -0.2) is 4.43 Å². The van der Waals surface area contributed by atoms with Crippen molar-refractivity contribution in [3.8, 4) is 5.75 Å². The van der Waals surface area contributed by atoms with Gasteiger partial charge in [0.2, 0.25) is 0 Å². The Kier molecular flexibility index (Phi) is 8.85. The van der Waals surface area contributed by atoms with Gasteiger partial charge in [-0.1, -0.05) is 77.2 Å². The number of hydrogen-bond donors (Lipinski definition) is 0. The third-order valence-corrected chi connectivity index (χ3v) is 4.46. The molecule has 0 fully saturated rings. The van der Waals surface area contributed by atoms with Gasteiger partial charge in [0, 0.05) is 0 Å². The molecule has 2 aromatic rings. The fourth-order valence-corrected chi connectivity index (χ4v) is 2.88. The molecular formula is C21H25IO. The van der Waals surface area contributed by atoms with Crippen molar-refractivity contribution in [2.45, 2.75) is 38.7 Å². The van der Waals surface area contributed by atoms with Crippen molar-refractivity contribution in [3.63, 3.8) is 0 Å². The van der Waals surface area contributed by atoms with Crippen molar-refractivity contribution in [2.75, 3.05) is 4.43 Å². The van der Waals surface area contributed by atoms with E-state index in [9.17, 15) is 0 Å². The zero-order valence-corrected chi connectivity index (χ0v) is 15.7. The monoisotopic (exact) mass is 420 g/mol. The molecule has 0 amide bonds. The summed E-state index contributed by atoms with van der Waals surface area (Å²) in [6.45, 7) is 0.625. The second-order valence-corrected chi connectivity index (χ2v) is 6.69. The van der Waals surface area contributed by atoms with Gasteiger partial charge in [0.15, 0.2) is 0 Å². The SMILES string of the molecule is ICCCCC=CCCc1ccc(OCc2ccccc2)cc1. The molecule has 0 bridgehead atoms. The lowest BCUT2D eigenvalue weighted by Crippen LogP contribution is -1.95. The Morgan fingerprint density at radius 3 is 2.26 bits per heavy atom. The molecule has 0 aliphatic carbocycles. The number of hydrogen-bond acceptors (Lipinski definition) is 1. The molecule has 2 rings (SSSR count). The lowest BCUT2D eigenvalue weighted by Gasteiger charge is -2.07. The number of benzene rings is 2. The van der Waals surface area contributed by atoms with Crippen LogP contribution in [-0.2, 0) is 13.0 Å². The Hall–Kier alpha value is -1.29. The predicted molar refractivity (Wildman–Crippen MR) is 107 cm³/mol. The van der Waals surface area contributed by atoms with Gasteiger partial charge in [0.1, 0.15) is 12.4 Å². The maximum Gasteiger partial charge on any atom is 0.119 e.